The Morgan fingerprint density at radius 3 is 2.74 bits per heavy atom. The SMILES string of the molecule is CNC(CC1CCS(=O)(=O)C1)c1cccc(F)c1F. The largest absolute Gasteiger partial charge is 0.313 e. The Bertz CT molecular complexity index is 560. The molecule has 1 aliphatic rings. The highest BCUT2D eigenvalue weighted by Crippen LogP contribution is 2.30. The van der Waals surface area contributed by atoms with Gasteiger partial charge in [0.2, 0.25) is 0 Å². The summed E-state index contributed by atoms with van der Waals surface area (Å²) in [4.78, 5) is 0. The van der Waals surface area contributed by atoms with E-state index in [9.17, 15) is 17.2 Å². The molecule has 6 heteroatoms. The number of benzene rings is 1. The van der Waals surface area contributed by atoms with Crippen LogP contribution in [0.4, 0.5) is 8.78 Å². The van der Waals surface area contributed by atoms with Gasteiger partial charge in [-0.25, -0.2) is 17.2 Å². The molecule has 1 fully saturated rings. The molecule has 0 amide bonds. The minimum Gasteiger partial charge on any atom is -0.313 e. The quantitative estimate of drug-likeness (QED) is 0.923. The van der Waals surface area contributed by atoms with Crippen molar-refractivity contribution in [2.45, 2.75) is 18.9 Å². The van der Waals surface area contributed by atoms with Crippen molar-refractivity contribution >= 4 is 9.84 Å². The van der Waals surface area contributed by atoms with Crippen LogP contribution in [0.3, 0.4) is 0 Å². The van der Waals surface area contributed by atoms with Crippen LogP contribution in [0.25, 0.3) is 0 Å². The normalized spacial score (nSPS) is 23.4. The van der Waals surface area contributed by atoms with E-state index in [1.165, 1.54) is 12.1 Å². The lowest BCUT2D eigenvalue weighted by Gasteiger charge is -2.20. The van der Waals surface area contributed by atoms with Crippen molar-refractivity contribution in [2.75, 3.05) is 18.6 Å². The van der Waals surface area contributed by atoms with Crippen LogP contribution in [0.1, 0.15) is 24.4 Å². The topological polar surface area (TPSA) is 46.2 Å². The van der Waals surface area contributed by atoms with E-state index in [-0.39, 0.29) is 29.0 Å². The lowest BCUT2D eigenvalue weighted by Crippen LogP contribution is -2.22. The lowest BCUT2D eigenvalue weighted by molar-refractivity contribution is 0.412. The minimum atomic E-state index is -2.95. The number of hydrogen-bond donors (Lipinski definition) is 1. The van der Waals surface area contributed by atoms with E-state index in [0.717, 1.165) is 6.07 Å². The van der Waals surface area contributed by atoms with Gasteiger partial charge >= 0.3 is 0 Å². The average Bonchev–Trinajstić information content (AvgIpc) is 2.70. The maximum atomic E-state index is 13.7. The van der Waals surface area contributed by atoms with Crippen LogP contribution in [0, 0.1) is 17.6 Å². The number of sulfone groups is 1. The molecule has 1 aromatic carbocycles. The summed E-state index contributed by atoms with van der Waals surface area (Å²) in [6, 6.07) is 3.70. The highest BCUT2D eigenvalue weighted by molar-refractivity contribution is 7.91. The molecular formula is C13H17F2NO2S. The fourth-order valence-corrected chi connectivity index (χ4v) is 4.46. The zero-order valence-corrected chi connectivity index (χ0v) is 11.5. The van der Waals surface area contributed by atoms with Crippen molar-refractivity contribution < 1.29 is 17.2 Å². The van der Waals surface area contributed by atoms with Crippen molar-refractivity contribution in [1.29, 1.82) is 0 Å². The van der Waals surface area contributed by atoms with Crippen LogP contribution in [-0.4, -0.2) is 27.0 Å². The third-order valence-electron chi connectivity index (χ3n) is 3.60. The van der Waals surface area contributed by atoms with Gasteiger partial charge in [-0.15, -0.1) is 0 Å². The van der Waals surface area contributed by atoms with E-state index >= 15 is 0 Å². The second kappa shape index (κ2) is 5.54. The molecule has 1 aliphatic heterocycles. The van der Waals surface area contributed by atoms with Crippen LogP contribution >= 0.6 is 0 Å². The predicted molar refractivity (Wildman–Crippen MR) is 69.5 cm³/mol. The van der Waals surface area contributed by atoms with Gasteiger partial charge in [0.05, 0.1) is 11.5 Å². The van der Waals surface area contributed by atoms with Gasteiger partial charge in [0.25, 0.3) is 0 Å². The Hall–Kier alpha value is -1.01. The molecule has 0 aromatic heterocycles. The molecule has 0 bridgehead atoms. The molecule has 2 rings (SSSR count). The summed E-state index contributed by atoms with van der Waals surface area (Å²) in [7, 11) is -1.28. The molecule has 0 radical (unpaired) electrons. The summed E-state index contributed by atoms with van der Waals surface area (Å²) < 4.78 is 49.8. The Morgan fingerprint density at radius 2 is 2.16 bits per heavy atom. The van der Waals surface area contributed by atoms with Crippen LogP contribution in [-0.2, 0) is 9.84 Å². The Kier molecular flexibility index (Phi) is 4.20. The smallest absolute Gasteiger partial charge is 0.163 e. The molecule has 2 atom stereocenters. The summed E-state index contributed by atoms with van der Waals surface area (Å²) in [6.45, 7) is 0. The molecule has 1 N–H and O–H groups in total. The first-order valence-electron chi connectivity index (χ1n) is 6.24. The van der Waals surface area contributed by atoms with Gasteiger partial charge in [-0.1, -0.05) is 12.1 Å². The molecule has 19 heavy (non-hydrogen) atoms. The van der Waals surface area contributed by atoms with Crippen molar-refractivity contribution in [3.05, 3.63) is 35.4 Å². The van der Waals surface area contributed by atoms with E-state index in [4.69, 9.17) is 0 Å². The average molecular weight is 289 g/mol. The number of rotatable bonds is 4. The second-order valence-corrected chi connectivity index (χ2v) is 7.22. The summed E-state index contributed by atoms with van der Waals surface area (Å²) in [5.74, 6) is -1.40. The van der Waals surface area contributed by atoms with Crippen LogP contribution in [0.5, 0.6) is 0 Å². The van der Waals surface area contributed by atoms with Crippen LogP contribution in [0.15, 0.2) is 18.2 Å². The Balaban J connectivity index is 2.15. The monoisotopic (exact) mass is 289 g/mol. The van der Waals surface area contributed by atoms with Crippen molar-refractivity contribution in [2.24, 2.45) is 5.92 Å². The summed E-state index contributed by atoms with van der Waals surface area (Å²) >= 11 is 0. The third kappa shape index (κ3) is 3.30. The molecular weight excluding hydrogens is 272 g/mol. The highest BCUT2D eigenvalue weighted by atomic mass is 32.2. The van der Waals surface area contributed by atoms with E-state index in [0.29, 0.717) is 12.8 Å². The summed E-state index contributed by atoms with van der Waals surface area (Å²) in [6.07, 6.45) is 1.09. The van der Waals surface area contributed by atoms with Crippen molar-refractivity contribution in [1.82, 2.24) is 5.32 Å². The highest BCUT2D eigenvalue weighted by Gasteiger charge is 2.30. The number of hydrogen-bond acceptors (Lipinski definition) is 3. The molecule has 1 saturated heterocycles. The molecule has 3 nitrogen and oxygen atoms in total. The van der Waals surface area contributed by atoms with Gasteiger partial charge in [-0.2, -0.15) is 0 Å². The summed E-state index contributed by atoms with van der Waals surface area (Å²) in [5, 5.41) is 2.94. The zero-order valence-electron chi connectivity index (χ0n) is 10.7. The first kappa shape index (κ1) is 14.4. The maximum absolute atomic E-state index is 13.7. The summed E-state index contributed by atoms with van der Waals surface area (Å²) in [5.41, 5.74) is 0.256. The molecule has 0 spiro atoms. The molecule has 1 aromatic rings. The van der Waals surface area contributed by atoms with Gasteiger partial charge in [0.1, 0.15) is 0 Å². The van der Waals surface area contributed by atoms with E-state index < -0.39 is 21.5 Å². The molecule has 0 aliphatic carbocycles. The number of nitrogens with one attached hydrogen (secondary N) is 1. The maximum Gasteiger partial charge on any atom is 0.163 e. The lowest BCUT2D eigenvalue weighted by atomic mass is 9.94. The fourth-order valence-electron chi connectivity index (χ4n) is 2.58. The first-order valence-corrected chi connectivity index (χ1v) is 8.06. The van der Waals surface area contributed by atoms with Crippen molar-refractivity contribution in [3.63, 3.8) is 0 Å². The first-order chi connectivity index (χ1) is 8.93. The van der Waals surface area contributed by atoms with Gasteiger partial charge in [0, 0.05) is 11.6 Å². The zero-order chi connectivity index (χ0) is 14.0. The molecule has 2 unspecified atom stereocenters. The van der Waals surface area contributed by atoms with Gasteiger partial charge in [-0.05, 0) is 31.9 Å². The van der Waals surface area contributed by atoms with Crippen LogP contribution < -0.4 is 5.32 Å². The molecule has 106 valence electrons. The van der Waals surface area contributed by atoms with E-state index in [1.54, 1.807) is 7.05 Å². The molecule has 0 saturated carbocycles. The van der Waals surface area contributed by atoms with E-state index in [2.05, 4.69) is 5.32 Å². The fraction of sp³-hybridized carbons (Fsp3) is 0.538. The van der Waals surface area contributed by atoms with E-state index in [1.807, 2.05) is 0 Å². The Labute approximate surface area is 111 Å². The van der Waals surface area contributed by atoms with Gasteiger partial charge in [-0.3, -0.25) is 0 Å². The Morgan fingerprint density at radius 1 is 1.42 bits per heavy atom. The number of halogens is 2. The van der Waals surface area contributed by atoms with Gasteiger partial charge < -0.3 is 5.32 Å². The standard InChI is InChI=1S/C13H17F2NO2S/c1-16-12(7-9-5-6-19(17,18)8-9)10-3-2-4-11(14)13(10)15/h2-4,9,12,16H,5-8H2,1H3. The molecule has 1 heterocycles. The predicted octanol–water partition coefficient (Wildman–Crippen LogP) is 2.05. The minimum absolute atomic E-state index is 0.00474. The second-order valence-electron chi connectivity index (χ2n) is 4.99. The van der Waals surface area contributed by atoms with Gasteiger partial charge in [0.15, 0.2) is 21.5 Å². The van der Waals surface area contributed by atoms with Crippen molar-refractivity contribution in [3.8, 4) is 0 Å². The van der Waals surface area contributed by atoms with Crippen LogP contribution in [0.2, 0.25) is 0 Å². The third-order valence-corrected chi connectivity index (χ3v) is 5.44.